The van der Waals surface area contributed by atoms with Crippen molar-refractivity contribution in [2.45, 2.75) is 43.7 Å². The summed E-state index contributed by atoms with van der Waals surface area (Å²) in [6, 6.07) is 18.0. The summed E-state index contributed by atoms with van der Waals surface area (Å²) in [4.78, 5) is 29.0. The van der Waals surface area contributed by atoms with Gasteiger partial charge in [0, 0.05) is 30.4 Å². The number of carbonyl (C=O) groups excluding carboxylic acids is 2. The molecular formula is C27H28N2O3. The molecular weight excluding hydrogens is 400 g/mol. The number of nitrogens with zero attached hydrogens (tertiary/aromatic N) is 2. The van der Waals surface area contributed by atoms with Gasteiger partial charge in [-0.25, -0.2) is 0 Å². The Bertz CT molecular complexity index is 1050. The smallest absolute Gasteiger partial charge is 0.242 e. The van der Waals surface area contributed by atoms with Crippen LogP contribution in [0.4, 0.5) is 0 Å². The summed E-state index contributed by atoms with van der Waals surface area (Å²) in [5, 5.41) is 9.97. The first-order chi connectivity index (χ1) is 15.7. The Labute approximate surface area is 189 Å². The van der Waals surface area contributed by atoms with Gasteiger partial charge in [-0.05, 0) is 36.1 Å². The van der Waals surface area contributed by atoms with E-state index in [1.807, 2.05) is 42.5 Å². The molecule has 0 unspecified atom stereocenters. The van der Waals surface area contributed by atoms with E-state index in [4.69, 9.17) is 0 Å². The first-order valence-electron chi connectivity index (χ1n) is 11.5. The van der Waals surface area contributed by atoms with Gasteiger partial charge >= 0.3 is 0 Å². The zero-order valence-electron chi connectivity index (χ0n) is 18.1. The third kappa shape index (κ3) is 3.80. The second-order valence-corrected chi connectivity index (χ2v) is 9.08. The molecule has 2 saturated heterocycles. The summed E-state index contributed by atoms with van der Waals surface area (Å²) in [6.45, 7) is 0.633. The third-order valence-electron chi connectivity index (χ3n) is 7.18. The Kier molecular flexibility index (Phi) is 5.71. The van der Waals surface area contributed by atoms with Gasteiger partial charge in [0.25, 0.3) is 0 Å². The van der Waals surface area contributed by atoms with Crippen LogP contribution in [-0.2, 0) is 16.0 Å². The number of amides is 2. The second kappa shape index (κ2) is 8.80. The van der Waals surface area contributed by atoms with E-state index in [9.17, 15) is 14.7 Å². The van der Waals surface area contributed by atoms with Crippen molar-refractivity contribution in [3.8, 4) is 11.8 Å². The lowest BCUT2D eigenvalue weighted by Gasteiger charge is -2.59. The number of carbonyl (C=O) groups is 2. The lowest BCUT2D eigenvalue weighted by Crippen LogP contribution is -2.73. The molecule has 3 aliphatic rings. The van der Waals surface area contributed by atoms with Crippen LogP contribution in [0.25, 0.3) is 0 Å². The van der Waals surface area contributed by atoms with Crippen LogP contribution < -0.4 is 0 Å². The Morgan fingerprint density at radius 2 is 1.81 bits per heavy atom. The normalized spacial score (nSPS) is 24.7. The van der Waals surface area contributed by atoms with Crippen molar-refractivity contribution < 1.29 is 14.7 Å². The van der Waals surface area contributed by atoms with Crippen LogP contribution in [0.15, 0.2) is 54.6 Å². The fourth-order valence-corrected chi connectivity index (χ4v) is 5.21. The standard InChI is InChI=1S/C27H28N2O3/c30-18-24-26(23-16-28(17-25(31)29(23)24)27(32)22-10-5-11-22)21-14-12-20(13-15-21)9-4-8-19-6-2-1-3-7-19/h1-3,6-7,12-15,22-24,26,30H,5,8,10-11,16-18H2/t23-,24+,26-/m1/s1. The van der Waals surface area contributed by atoms with Crippen LogP contribution in [0.1, 0.15) is 41.9 Å². The second-order valence-electron chi connectivity index (χ2n) is 9.08. The van der Waals surface area contributed by atoms with E-state index in [1.54, 1.807) is 9.80 Å². The molecule has 32 heavy (non-hydrogen) atoms. The van der Waals surface area contributed by atoms with Crippen molar-refractivity contribution in [3.05, 3.63) is 71.3 Å². The first-order valence-corrected chi connectivity index (χ1v) is 11.5. The Balaban J connectivity index is 1.29. The number of fused-ring (bicyclic) bond motifs is 1. The zero-order valence-corrected chi connectivity index (χ0v) is 18.1. The quantitative estimate of drug-likeness (QED) is 0.762. The molecule has 1 saturated carbocycles. The average molecular weight is 429 g/mol. The maximum atomic E-state index is 12.7. The molecule has 0 radical (unpaired) electrons. The molecule has 0 spiro atoms. The highest BCUT2D eigenvalue weighted by atomic mass is 16.3. The maximum Gasteiger partial charge on any atom is 0.242 e. The van der Waals surface area contributed by atoms with Crippen molar-refractivity contribution in [1.29, 1.82) is 0 Å². The Hall–Kier alpha value is -3.10. The number of rotatable bonds is 4. The molecule has 2 amide bonds. The number of piperazine rings is 1. The predicted octanol–water partition coefficient (Wildman–Crippen LogP) is 2.58. The molecule has 2 aliphatic heterocycles. The van der Waals surface area contributed by atoms with Gasteiger partial charge in [-0.1, -0.05) is 60.7 Å². The fraction of sp³-hybridized carbons (Fsp3) is 0.407. The molecule has 5 nitrogen and oxygen atoms in total. The summed E-state index contributed by atoms with van der Waals surface area (Å²) < 4.78 is 0. The van der Waals surface area contributed by atoms with E-state index < -0.39 is 0 Å². The van der Waals surface area contributed by atoms with E-state index in [-0.39, 0.29) is 48.9 Å². The van der Waals surface area contributed by atoms with Gasteiger partial charge in [-0.3, -0.25) is 9.59 Å². The molecule has 0 aromatic heterocycles. The SMILES string of the molecule is O=C(C1CCC1)N1CC(=O)N2[C@H](C1)[C@@H](c1ccc(C#CCc3ccccc3)cc1)[C@@H]2CO. The highest BCUT2D eigenvalue weighted by Gasteiger charge is 2.54. The molecule has 1 N–H and O–H groups in total. The van der Waals surface area contributed by atoms with Crippen LogP contribution in [0.3, 0.4) is 0 Å². The summed E-state index contributed by atoms with van der Waals surface area (Å²) in [5.74, 6) is 6.64. The van der Waals surface area contributed by atoms with E-state index in [0.29, 0.717) is 13.0 Å². The zero-order chi connectivity index (χ0) is 22.1. The van der Waals surface area contributed by atoms with Gasteiger partial charge < -0.3 is 14.9 Å². The van der Waals surface area contributed by atoms with Crippen LogP contribution in [-0.4, -0.2) is 58.5 Å². The van der Waals surface area contributed by atoms with Gasteiger partial charge in [-0.2, -0.15) is 0 Å². The van der Waals surface area contributed by atoms with Gasteiger partial charge in [0.1, 0.15) is 0 Å². The van der Waals surface area contributed by atoms with Gasteiger partial charge in [0.15, 0.2) is 0 Å². The van der Waals surface area contributed by atoms with Crippen LogP contribution >= 0.6 is 0 Å². The van der Waals surface area contributed by atoms with Crippen LogP contribution in [0.2, 0.25) is 0 Å². The van der Waals surface area contributed by atoms with E-state index in [0.717, 1.165) is 30.4 Å². The lowest BCUT2D eigenvalue weighted by molar-refractivity contribution is -0.169. The molecule has 5 heteroatoms. The van der Waals surface area contributed by atoms with E-state index in [1.165, 1.54) is 5.56 Å². The number of aliphatic hydroxyl groups is 1. The summed E-state index contributed by atoms with van der Waals surface area (Å²) in [7, 11) is 0. The minimum atomic E-state index is -0.219. The molecule has 3 fully saturated rings. The Morgan fingerprint density at radius 1 is 1.06 bits per heavy atom. The highest BCUT2D eigenvalue weighted by Crippen LogP contribution is 2.43. The molecule has 0 bridgehead atoms. The van der Waals surface area contributed by atoms with Crippen molar-refractivity contribution in [1.82, 2.24) is 9.80 Å². The predicted molar refractivity (Wildman–Crippen MR) is 122 cm³/mol. The van der Waals surface area contributed by atoms with Crippen LogP contribution in [0.5, 0.6) is 0 Å². The monoisotopic (exact) mass is 428 g/mol. The summed E-state index contributed by atoms with van der Waals surface area (Å²) in [5.41, 5.74) is 3.23. The fourth-order valence-electron chi connectivity index (χ4n) is 5.21. The lowest BCUT2D eigenvalue weighted by atomic mass is 9.73. The topological polar surface area (TPSA) is 60.9 Å². The van der Waals surface area contributed by atoms with Crippen LogP contribution in [0, 0.1) is 17.8 Å². The molecule has 3 atom stereocenters. The average Bonchev–Trinajstić information content (AvgIpc) is 2.75. The number of hydrogen-bond acceptors (Lipinski definition) is 3. The minimum absolute atomic E-state index is 0.0345. The van der Waals surface area contributed by atoms with Gasteiger partial charge in [0.2, 0.25) is 11.8 Å². The van der Waals surface area contributed by atoms with Crippen molar-refractivity contribution in [3.63, 3.8) is 0 Å². The molecule has 164 valence electrons. The van der Waals surface area contributed by atoms with E-state index in [2.05, 4.69) is 24.0 Å². The highest BCUT2D eigenvalue weighted by molar-refractivity contribution is 5.89. The third-order valence-corrected chi connectivity index (χ3v) is 7.18. The first kappa shape index (κ1) is 20.8. The summed E-state index contributed by atoms with van der Waals surface area (Å²) >= 11 is 0. The minimum Gasteiger partial charge on any atom is -0.394 e. The molecule has 2 aromatic rings. The summed E-state index contributed by atoms with van der Waals surface area (Å²) in [6.07, 6.45) is 3.69. The molecule has 1 aliphatic carbocycles. The largest absolute Gasteiger partial charge is 0.394 e. The van der Waals surface area contributed by atoms with Crippen molar-refractivity contribution >= 4 is 11.8 Å². The number of aliphatic hydroxyl groups excluding tert-OH is 1. The van der Waals surface area contributed by atoms with Gasteiger partial charge in [0.05, 0.1) is 25.2 Å². The van der Waals surface area contributed by atoms with Crippen molar-refractivity contribution in [2.75, 3.05) is 19.7 Å². The Morgan fingerprint density at radius 3 is 2.47 bits per heavy atom. The molecule has 5 rings (SSSR count). The van der Waals surface area contributed by atoms with Gasteiger partial charge in [-0.15, -0.1) is 0 Å². The molecule has 2 aromatic carbocycles. The van der Waals surface area contributed by atoms with Crippen molar-refractivity contribution in [2.24, 2.45) is 5.92 Å². The molecule has 2 heterocycles. The maximum absolute atomic E-state index is 12.7. The van der Waals surface area contributed by atoms with E-state index >= 15 is 0 Å². The number of hydrogen-bond donors (Lipinski definition) is 1. The number of benzene rings is 2.